The summed E-state index contributed by atoms with van der Waals surface area (Å²) in [5, 5.41) is 13.4. The van der Waals surface area contributed by atoms with E-state index in [4.69, 9.17) is 0 Å². The quantitative estimate of drug-likeness (QED) is 0.891. The first-order chi connectivity index (χ1) is 9.41. The number of aryl methyl sites for hydroxylation is 1. The lowest BCUT2D eigenvalue weighted by atomic mass is 9.79. The first-order valence-electron chi connectivity index (χ1n) is 7.48. The van der Waals surface area contributed by atoms with Crippen molar-refractivity contribution in [2.75, 3.05) is 6.54 Å². The summed E-state index contributed by atoms with van der Waals surface area (Å²) in [6.07, 6.45) is 3.63. The van der Waals surface area contributed by atoms with Crippen molar-refractivity contribution in [2.45, 2.75) is 52.1 Å². The second-order valence-corrected chi connectivity index (χ2v) is 6.34. The Labute approximate surface area is 121 Å². The molecule has 0 atom stereocenters. The monoisotopic (exact) mass is 275 g/mol. The van der Waals surface area contributed by atoms with Gasteiger partial charge in [-0.1, -0.05) is 19.1 Å². The van der Waals surface area contributed by atoms with Crippen molar-refractivity contribution >= 4 is 5.91 Å². The van der Waals surface area contributed by atoms with Gasteiger partial charge in [0.15, 0.2) is 0 Å². The van der Waals surface area contributed by atoms with Crippen LogP contribution in [-0.4, -0.2) is 23.2 Å². The molecule has 1 aliphatic carbocycles. The average Bonchev–Trinajstić information content (AvgIpc) is 2.43. The molecule has 20 heavy (non-hydrogen) atoms. The highest BCUT2D eigenvalue weighted by Crippen LogP contribution is 2.31. The fourth-order valence-corrected chi connectivity index (χ4v) is 2.81. The third-order valence-electron chi connectivity index (χ3n) is 4.63. The third kappa shape index (κ3) is 3.40. The second kappa shape index (κ2) is 5.96. The van der Waals surface area contributed by atoms with Gasteiger partial charge in [-0.05, 0) is 62.6 Å². The standard InChI is InChI=1S/C17H25NO2/c1-12-7-9-17(20,10-8-12)11-18-16(19)15-6-4-5-13(2)14(15)3/h4-6,12,20H,7-11H2,1-3H3,(H,18,19). The van der Waals surface area contributed by atoms with Crippen LogP contribution in [-0.2, 0) is 0 Å². The molecule has 0 aliphatic heterocycles. The largest absolute Gasteiger partial charge is 0.388 e. The molecule has 2 N–H and O–H groups in total. The Kier molecular flexibility index (Phi) is 4.48. The van der Waals surface area contributed by atoms with Crippen molar-refractivity contribution in [3.05, 3.63) is 34.9 Å². The molecule has 1 aromatic carbocycles. The van der Waals surface area contributed by atoms with Gasteiger partial charge in [0.1, 0.15) is 0 Å². The van der Waals surface area contributed by atoms with E-state index in [0.29, 0.717) is 18.0 Å². The Morgan fingerprint density at radius 3 is 2.65 bits per heavy atom. The molecule has 0 bridgehead atoms. The maximum Gasteiger partial charge on any atom is 0.251 e. The zero-order valence-corrected chi connectivity index (χ0v) is 12.7. The summed E-state index contributed by atoms with van der Waals surface area (Å²) in [6.45, 7) is 6.53. The molecule has 0 aromatic heterocycles. The molecule has 1 aromatic rings. The summed E-state index contributed by atoms with van der Waals surface area (Å²) in [5.41, 5.74) is 2.11. The van der Waals surface area contributed by atoms with Gasteiger partial charge in [-0.15, -0.1) is 0 Å². The predicted octanol–water partition coefficient (Wildman–Crippen LogP) is 2.97. The van der Waals surface area contributed by atoms with E-state index in [-0.39, 0.29) is 5.91 Å². The fraction of sp³-hybridized carbons (Fsp3) is 0.588. The summed E-state index contributed by atoms with van der Waals surface area (Å²) < 4.78 is 0. The maximum absolute atomic E-state index is 12.2. The van der Waals surface area contributed by atoms with E-state index in [9.17, 15) is 9.90 Å². The topological polar surface area (TPSA) is 49.3 Å². The number of aliphatic hydroxyl groups is 1. The zero-order valence-electron chi connectivity index (χ0n) is 12.7. The van der Waals surface area contributed by atoms with Crippen LogP contribution < -0.4 is 5.32 Å². The summed E-state index contributed by atoms with van der Waals surface area (Å²) in [5.74, 6) is 0.600. The molecule has 0 heterocycles. The van der Waals surface area contributed by atoms with E-state index in [2.05, 4.69) is 12.2 Å². The number of carbonyl (C=O) groups is 1. The van der Waals surface area contributed by atoms with Crippen molar-refractivity contribution in [2.24, 2.45) is 5.92 Å². The molecule has 1 fully saturated rings. The minimum atomic E-state index is -0.722. The zero-order chi connectivity index (χ0) is 14.8. The van der Waals surface area contributed by atoms with E-state index in [0.717, 1.165) is 36.8 Å². The fourth-order valence-electron chi connectivity index (χ4n) is 2.81. The van der Waals surface area contributed by atoms with Gasteiger partial charge in [-0.2, -0.15) is 0 Å². The molecule has 0 unspecified atom stereocenters. The van der Waals surface area contributed by atoms with Crippen LogP contribution in [0.15, 0.2) is 18.2 Å². The number of hydrogen-bond acceptors (Lipinski definition) is 2. The van der Waals surface area contributed by atoms with E-state index in [1.54, 1.807) is 0 Å². The Morgan fingerprint density at radius 1 is 1.35 bits per heavy atom. The smallest absolute Gasteiger partial charge is 0.251 e. The van der Waals surface area contributed by atoms with E-state index in [1.165, 1.54) is 0 Å². The molecule has 3 heteroatoms. The number of nitrogens with one attached hydrogen (secondary N) is 1. The molecular weight excluding hydrogens is 250 g/mol. The van der Waals surface area contributed by atoms with E-state index >= 15 is 0 Å². The van der Waals surface area contributed by atoms with Gasteiger partial charge in [-0.25, -0.2) is 0 Å². The highest BCUT2D eigenvalue weighted by Gasteiger charge is 2.32. The van der Waals surface area contributed by atoms with Crippen LogP contribution >= 0.6 is 0 Å². The Morgan fingerprint density at radius 2 is 2.00 bits per heavy atom. The van der Waals surface area contributed by atoms with Gasteiger partial charge in [-0.3, -0.25) is 4.79 Å². The van der Waals surface area contributed by atoms with Crippen LogP contribution in [0.4, 0.5) is 0 Å². The molecule has 3 nitrogen and oxygen atoms in total. The van der Waals surface area contributed by atoms with Crippen molar-refractivity contribution in [1.29, 1.82) is 0 Å². The Hall–Kier alpha value is -1.35. The minimum Gasteiger partial charge on any atom is -0.388 e. The van der Waals surface area contributed by atoms with Crippen LogP contribution in [0.1, 0.15) is 54.1 Å². The lowest BCUT2D eigenvalue weighted by molar-refractivity contribution is -0.00540. The lowest BCUT2D eigenvalue weighted by Gasteiger charge is -2.35. The Balaban J connectivity index is 1.97. The molecule has 0 saturated heterocycles. The molecular formula is C17H25NO2. The molecule has 1 saturated carbocycles. The first-order valence-corrected chi connectivity index (χ1v) is 7.48. The third-order valence-corrected chi connectivity index (χ3v) is 4.63. The molecule has 1 amide bonds. The number of carbonyl (C=O) groups excluding carboxylic acids is 1. The number of benzene rings is 1. The molecule has 0 radical (unpaired) electrons. The van der Waals surface area contributed by atoms with Gasteiger partial charge < -0.3 is 10.4 Å². The molecule has 2 rings (SSSR count). The summed E-state index contributed by atoms with van der Waals surface area (Å²) in [6, 6.07) is 5.74. The normalized spacial score (nSPS) is 26.3. The summed E-state index contributed by atoms with van der Waals surface area (Å²) in [7, 11) is 0. The molecule has 1 aliphatic rings. The Bertz CT molecular complexity index is 488. The van der Waals surface area contributed by atoms with Crippen LogP contribution in [0, 0.1) is 19.8 Å². The van der Waals surface area contributed by atoms with Crippen molar-refractivity contribution < 1.29 is 9.90 Å². The minimum absolute atomic E-state index is 0.0850. The van der Waals surface area contributed by atoms with Gasteiger partial charge in [0.2, 0.25) is 0 Å². The van der Waals surface area contributed by atoms with Crippen LogP contribution in [0.2, 0.25) is 0 Å². The maximum atomic E-state index is 12.2. The van der Waals surface area contributed by atoms with Gasteiger partial charge in [0.25, 0.3) is 5.91 Å². The molecule has 110 valence electrons. The summed E-state index contributed by atoms with van der Waals surface area (Å²) >= 11 is 0. The summed E-state index contributed by atoms with van der Waals surface area (Å²) in [4.78, 5) is 12.2. The average molecular weight is 275 g/mol. The van der Waals surface area contributed by atoms with Crippen molar-refractivity contribution in [1.82, 2.24) is 5.32 Å². The van der Waals surface area contributed by atoms with E-state index < -0.39 is 5.60 Å². The highest BCUT2D eigenvalue weighted by molar-refractivity contribution is 5.95. The SMILES string of the molecule is Cc1cccc(C(=O)NCC2(O)CCC(C)CC2)c1C. The van der Waals surface area contributed by atoms with Crippen LogP contribution in [0.5, 0.6) is 0 Å². The number of hydrogen-bond donors (Lipinski definition) is 2. The van der Waals surface area contributed by atoms with Crippen molar-refractivity contribution in [3.8, 4) is 0 Å². The first kappa shape index (κ1) is 15.0. The number of rotatable bonds is 3. The van der Waals surface area contributed by atoms with Gasteiger partial charge >= 0.3 is 0 Å². The highest BCUT2D eigenvalue weighted by atomic mass is 16.3. The van der Waals surface area contributed by atoms with Crippen molar-refractivity contribution in [3.63, 3.8) is 0 Å². The van der Waals surface area contributed by atoms with Crippen LogP contribution in [0.25, 0.3) is 0 Å². The van der Waals surface area contributed by atoms with E-state index in [1.807, 2.05) is 32.0 Å². The second-order valence-electron chi connectivity index (χ2n) is 6.34. The van der Waals surface area contributed by atoms with Gasteiger partial charge in [0.05, 0.1) is 5.60 Å². The number of amides is 1. The molecule has 0 spiro atoms. The van der Waals surface area contributed by atoms with Crippen LogP contribution in [0.3, 0.4) is 0 Å². The lowest BCUT2D eigenvalue weighted by Crippen LogP contribution is -2.45. The van der Waals surface area contributed by atoms with Gasteiger partial charge in [0, 0.05) is 12.1 Å². The predicted molar refractivity (Wildman–Crippen MR) is 80.8 cm³/mol.